The van der Waals surface area contributed by atoms with Crippen LogP contribution in [0, 0.1) is 0 Å². The third-order valence-corrected chi connectivity index (χ3v) is 5.09. The molecule has 1 amide bonds. The molecule has 2 aliphatic heterocycles. The maximum atomic E-state index is 12.1. The first-order valence-corrected chi connectivity index (χ1v) is 10.2. The van der Waals surface area contributed by atoms with Crippen LogP contribution in [0.5, 0.6) is 0 Å². The number of fused-ring (bicyclic) bond motifs is 1. The van der Waals surface area contributed by atoms with E-state index in [-0.39, 0.29) is 12.2 Å². The van der Waals surface area contributed by atoms with Gasteiger partial charge in [0.15, 0.2) is 0 Å². The van der Waals surface area contributed by atoms with E-state index in [1.165, 1.54) is 12.0 Å². The monoisotopic (exact) mass is 375 g/mol. The second-order valence-corrected chi connectivity index (χ2v) is 8.59. The molecule has 3 rings (SSSR count). The Morgan fingerprint density at radius 1 is 1.33 bits per heavy atom. The minimum absolute atomic E-state index is 0.140. The molecule has 150 valence electrons. The first kappa shape index (κ1) is 19.9. The van der Waals surface area contributed by atoms with Gasteiger partial charge in [-0.1, -0.05) is 6.07 Å². The molecule has 1 aromatic rings. The van der Waals surface area contributed by atoms with Crippen molar-refractivity contribution in [2.75, 3.05) is 25.0 Å². The van der Waals surface area contributed by atoms with E-state index in [0.29, 0.717) is 12.6 Å². The highest BCUT2D eigenvalue weighted by molar-refractivity contribution is 5.68. The first-order chi connectivity index (χ1) is 12.9. The van der Waals surface area contributed by atoms with Gasteiger partial charge in [0.25, 0.3) is 0 Å². The van der Waals surface area contributed by atoms with Crippen molar-refractivity contribution in [2.24, 2.45) is 0 Å². The Balaban J connectivity index is 1.28. The predicted octanol–water partition coefficient (Wildman–Crippen LogP) is 4.00. The molecule has 3 heterocycles. The smallest absolute Gasteiger partial charge is 0.410 e. The summed E-state index contributed by atoms with van der Waals surface area (Å²) < 4.78 is 11.4. The minimum atomic E-state index is -0.445. The number of aromatic nitrogens is 1. The molecule has 2 atom stereocenters. The average molecular weight is 376 g/mol. The van der Waals surface area contributed by atoms with Crippen molar-refractivity contribution in [3.05, 3.63) is 23.9 Å². The number of nitrogens with zero attached hydrogens (tertiary/aromatic N) is 2. The average Bonchev–Trinajstić information content (AvgIpc) is 3.09. The topological polar surface area (TPSA) is 63.7 Å². The quantitative estimate of drug-likeness (QED) is 0.761. The fourth-order valence-electron chi connectivity index (χ4n) is 3.68. The molecule has 1 aromatic heterocycles. The Bertz CT molecular complexity index is 629. The predicted molar refractivity (Wildman–Crippen MR) is 106 cm³/mol. The van der Waals surface area contributed by atoms with E-state index in [0.717, 1.165) is 51.1 Å². The number of amides is 1. The van der Waals surface area contributed by atoms with Crippen LogP contribution in [-0.4, -0.2) is 53.4 Å². The van der Waals surface area contributed by atoms with Gasteiger partial charge in [0.2, 0.25) is 0 Å². The summed E-state index contributed by atoms with van der Waals surface area (Å²) in [7, 11) is 0. The summed E-state index contributed by atoms with van der Waals surface area (Å²) in [5.74, 6) is 1.05. The number of aryl methyl sites for hydroxylation is 1. The number of likely N-dealkylation sites (tertiary alicyclic amines) is 1. The maximum absolute atomic E-state index is 12.1. The number of rotatable bonds is 6. The lowest BCUT2D eigenvalue weighted by atomic mass is 9.97. The summed E-state index contributed by atoms with van der Waals surface area (Å²) in [6.45, 7) is 7.80. The second kappa shape index (κ2) is 8.91. The van der Waals surface area contributed by atoms with Gasteiger partial charge in [-0.3, -0.25) is 0 Å². The van der Waals surface area contributed by atoms with Crippen molar-refractivity contribution >= 4 is 11.9 Å². The first-order valence-electron chi connectivity index (χ1n) is 10.2. The van der Waals surface area contributed by atoms with Gasteiger partial charge in [-0.2, -0.15) is 0 Å². The Morgan fingerprint density at radius 3 is 3.00 bits per heavy atom. The third kappa shape index (κ3) is 6.09. The number of carbonyl (C=O) groups excluding carboxylic acids is 1. The molecule has 0 spiro atoms. The van der Waals surface area contributed by atoms with E-state index in [1.807, 2.05) is 33.0 Å². The Kier molecular flexibility index (Phi) is 6.58. The van der Waals surface area contributed by atoms with Crippen LogP contribution in [0.1, 0.15) is 58.4 Å². The Morgan fingerprint density at radius 2 is 2.19 bits per heavy atom. The van der Waals surface area contributed by atoms with Crippen LogP contribution in [0.25, 0.3) is 0 Å². The van der Waals surface area contributed by atoms with Crippen LogP contribution in [0.3, 0.4) is 0 Å². The number of carbonyl (C=O) groups is 1. The molecule has 0 unspecified atom stereocenters. The van der Waals surface area contributed by atoms with Gasteiger partial charge in [0.05, 0.1) is 12.6 Å². The number of nitrogens with one attached hydrogen (secondary N) is 1. The number of hydrogen-bond acceptors (Lipinski definition) is 5. The molecular weight excluding hydrogens is 342 g/mol. The zero-order valence-electron chi connectivity index (χ0n) is 16.9. The molecule has 0 radical (unpaired) electrons. The summed E-state index contributed by atoms with van der Waals surface area (Å²) in [4.78, 5) is 18.3. The lowest BCUT2D eigenvalue weighted by molar-refractivity contribution is 0.0206. The van der Waals surface area contributed by atoms with Crippen molar-refractivity contribution in [3.63, 3.8) is 0 Å². The van der Waals surface area contributed by atoms with E-state index in [4.69, 9.17) is 9.47 Å². The zero-order valence-corrected chi connectivity index (χ0v) is 16.9. The zero-order chi connectivity index (χ0) is 19.3. The van der Waals surface area contributed by atoms with Gasteiger partial charge in [-0.25, -0.2) is 9.78 Å². The SMILES string of the molecule is CC(C)(C)OC(=O)N1CC[C@@H](OCCCC[C@H]2CCc3cccnc3N2)C1. The number of hydrogen-bond donors (Lipinski definition) is 1. The van der Waals surface area contributed by atoms with Crippen LogP contribution < -0.4 is 5.32 Å². The molecule has 6 nitrogen and oxygen atoms in total. The highest BCUT2D eigenvalue weighted by Crippen LogP contribution is 2.24. The van der Waals surface area contributed by atoms with E-state index >= 15 is 0 Å². The molecule has 0 aromatic carbocycles. The van der Waals surface area contributed by atoms with Crippen molar-refractivity contribution in [3.8, 4) is 0 Å². The molecular formula is C21H33N3O3. The molecule has 1 fully saturated rings. The van der Waals surface area contributed by atoms with E-state index in [9.17, 15) is 4.79 Å². The van der Waals surface area contributed by atoms with Crippen LogP contribution >= 0.6 is 0 Å². The number of unbranched alkanes of at least 4 members (excludes halogenated alkanes) is 1. The van der Waals surface area contributed by atoms with Crippen LogP contribution in [-0.2, 0) is 15.9 Å². The van der Waals surface area contributed by atoms with E-state index < -0.39 is 5.60 Å². The summed E-state index contributed by atoms with van der Waals surface area (Å²) in [6, 6.07) is 4.67. The van der Waals surface area contributed by atoms with Gasteiger partial charge in [-0.05, 0) is 70.9 Å². The number of pyridine rings is 1. The highest BCUT2D eigenvalue weighted by Gasteiger charge is 2.30. The van der Waals surface area contributed by atoms with Crippen molar-refractivity contribution < 1.29 is 14.3 Å². The molecule has 27 heavy (non-hydrogen) atoms. The van der Waals surface area contributed by atoms with Gasteiger partial charge in [0.1, 0.15) is 11.4 Å². The summed E-state index contributed by atoms with van der Waals surface area (Å²) in [5, 5.41) is 3.56. The van der Waals surface area contributed by atoms with Crippen LogP contribution in [0.15, 0.2) is 18.3 Å². The van der Waals surface area contributed by atoms with Crippen molar-refractivity contribution in [1.29, 1.82) is 0 Å². The lowest BCUT2D eigenvalue weighted by Gasteiger charge is -2.26. The Labute approximate surface area is 162 Å². The maximum Gasteiger partial charge on any atom is 0.410 e. The van der Waals surface area contributed by atoms with Gasteiger partial charge < -0.3 is 19.7 Å². The summed E-state index contributed by atoms with van der Waals surface area (Å²) >= 11 is 0. The fourth-order valence-corrected chi connectivity index (χ4v) is 3.68. The molecule has 0 saturated carbocycles. The van der Waals surface area contributed by atoms with Crippen molar-refractivity contribution in [1.82, 2.24) is 9.88 Å². The van der Waals surface area contributed by atoms with Crippen LogP contribution in [0.2, 0.25) is 0 Å². The van der Waals surface area contributed by atoms with Gasteiger partial charge in [0, 0.05) is 25.4 Å². The minimum Gasteiger partial charge on any atom is -0.444 e. The normalized spacial score (nSPS) is 22.3. The van der Waals surface area contributed by atoms with E-state index in [2.05, 4.69) is 16.4 Å². The molecule has 2 aliphatic rings. The van der Waals surface area contributed by atoms with Gasteiger partial charge in [-0.15, -0.1) is 0 Å². The molecule has 0 bridgehead atoms. The van der Waals surface area contributed by atoms with Gasteiger partial charge >= 0.3 is 6.09 Å². The number of ether oxygens (including phenoxy) is 2. The van der Waals surface area contributed by atoms with Crippen molar-refractivity contribution in [2.45, 2.75) is 77.0 Å². The molecule has 0 aliphatic carbocycles. The molecule has 1 saturated heterocycles. The third-order valence-electron chi connectivity index (χ3n) is 5.09. The largest absolute Gasteiger partial charge is 0.444 e. The van der Waals surface area contributed by atoms with Crippen LogP contribution in [0.4, 0.5) is 10.6 Å². The second-order valence-electron chi connectivity index (χ2n) is 8.59. The lowest BCUT2D eigenvalue weighted by Crippen LogP contribution is -2.36. The number of anilines is 1. The highest BCUT2D eigenvalue weighted by atomic mass is 16.6. The standard InChI is InChI=1S/C21H33N3O3/c1-21(2,3)27-20(25)24-13-11-18(15-24)26-14-5-4-8-17-10-9-16-7-6-12-22-19(16)23-17/h6-7,12,17-18H,4-5,8-11,13-15H2,1-3H3,(H,22,23)/t17-,18+/m0/s1. The molecule has 6 heteroatoms. The Hall–Kier alpha value is -1.82. The summed E-state index contributed by atoms with van der Waals surface area (Å²) in [5.41, 5.74) is 0.881. The fraction of sp³-hybridized carbons (Fsp3) is 0.714. The van der Waals surface area contributed by atoms with E-state index in [1.54, 1.807) is 4.90 Å². The molecule has 1 N–H and O–H groups in total. The summed E-state index contributed by atoms with van der Waals surface area (Å²) in [6.07, 6.45) is 8.28.